The van der Waals surface area contributed by atoms with E-state index in [1.54, 1.807) is 0 Å². The summed E-state index contributed by atoms with van der Waals surface area (Å²) in [5, 5.41) is 0. The number of rotatable bonds is 2. The van der Waals surface area contributed by atoms with E-state index in [9.17, 15) is 0 Å². The molecule has 1 heteroatoms. The van der Waals surface area contributed by atoms with E-state index < -0.39 is 0 Å². The highest BCUT2D eigenvalue weighted by Crippen LogP contribution is 2.58. The third-order valence-corrected chi connectivity index (χ3v) is 5.80. The molecule has 0 aliphatic heterocycles. The molecule has 1 nitrogen and oxygen atoms in total. The first kappa shape index (κ1) is 15.2. The zero-order valence-electron chi connectivity index (χ0n) is 14.7. The van der Waals surface area contributed by atoms with Crippen LogP contribution in [0.5, 0.6) is 0 Å². The molecule has 0 spiro atoms. The normalized spacial score (nSPS) is 17.1. The monoisotopic (exact) mass is 335 g/mol. The van der Waals surface area contributed by atoms with Crippen LogP contribution in [0.25, 0.3) is 5.57 Å². The largest absolute Gasteiger partial charge is 0.398 e. The molecule has 0 heterocycles. The van der Waals surface area contributed by atoms with Crippen molar-refractivity contribution in [1.29, 1.82) is 0 Å². The molecule has 0 aromatic heterocycles. The summed E-state index contributed by atoms with van der Waals surface area (Å²) in [4.78, 5) is 0. The third kappa shape index (κ3) is 1.91. The van der Waals surface area contributed by atoms with Gasteiger partial charge in [0.05, 0.1) is 5.41 Å². The van der Waals surface area contributed by atoms with Gasteiger partial charge in [0.15, 0.2) is 0 Å². The fraction of sp³-hybridized carbons (Fsp3) is 0.120. The minimum Gasteiger partial charge on any atom is -0.398 e. The average Bonchev–Trinajstić information content (AvgIpc) is 3.02. The molecule has 0 unspecified atom stereocenters. The summed E-state index contributed by atoms with van der Waals surface area (Å²) in [6.45, 7) is 0. The van der Waals surface area contributed by atoms with Gasteiger partial charge in [-0.2, -0.15) is 0 Å². The molecule has 3 aromatic rings. The van der Waals surface area contributed by atoms with Crippen LogP contribution in [0.4, 0.5) is 5.69 Å². The minimum absolute atomic E-state index is 0.302. The van der Waals surface area contributed by atoms with Gasteiger partial charge in [-0.05, 0) is 46.7 Å². The third-order valence-electron chi connectivity index (χ3n) is 5.80. The zero-order valence-corrected chi connectivity index (χ0v) is 14.7. The molecule has 2 aliphatic rings. The lowest BCUT2D eigenvalue weighted by Gasteiger charge is -2.37. The summed E-state index contributed by atoms with van der Waals surface area (Å²) in [6.07, 6.45) is 6.72. The number of nitrogen functional groups attached to an aromatic ring is 1. The summed E-state index contributed by atoms with van der Waals surface area (Å²) in [6, 6.07) is 28.0. The molecule has 5 rings (SSSR count). The molecule has 2 aliphatic carbocycles. The van der Waals surface area contributed by atoms with Gasteiger partial charge < -0.3 is 5.73 Å². The van der Waals surface area contributed by atoms with Crippen molar-refractivity contribution in [2.75, 3.05) is 5.73 Å². The lowest BCUT2D eigenvalue weighted by atomic mass is 9.65. The van der Waals surface area contributed by atoms with Crippen molar-refractivity contribution >= 4 is 11.3 Å². The highest BCUT2D eigenvalue weighted by atomic mass is 14.6. The van der Waals surface area contributed by atoms with Gasteiger partial charge in [-0.1, -0.05) is 84.9 Å². The quantitative estimate of drug-likeness (QED) is 0.595. The van der Waals surface area contributed by atoms with Crippen LogP contribution in [0.15, 0.2) is 96.6 Å². The van der Waals surface area contributed by atoms with Gasteiger partial charge in [0.2, 0.25) is 0 Å². The molecule has 126 valence electrons. The summed E-state index contributed by atoms with van der Waals surface area (Å²) in [5.74, 6) is 0. The highest BCUT2D eigenvalue weighted by molar-refractivity contribution is 5.93. The number of nitrogens with two attached hydrogens (primary N) is 1. The second kappa shape index (κ2) is 5.74. The van der Waals surface area contributed by atoms with Gasteiger partial charge in [0, 0.05) is 11.3 Å². The highest BCUT2D eigenvalue weighted by Gasteiger charge is 2.48. The first-order chi connectivity index (χ1) is 12.8. The summed E-state index contributed by atoms with van der Waals surface area (Å²) >= 11 is 0. The summed E-state index contributed by atoms with van der Waals surface area (Å²) in [7, 11) is 0. The maximum Gasteiger partial charge on any atom is 0.0696 e. The molecule has 2 N–H and O–H groups in total. The molecule has 0 saturated heterocycles. The maximum absolute atomic E-state index is 6.63. The Labute approximate surface area is 154 Å². The van der Waals surface area contributed by atoms with Crippen LogP contribution in [-0.2, 0) is 5.41 Å². The molecular weight excluding hydrogens is 314 g/mol. The van der Waals surface area contributed by atoms with E-state index >= 15 is 0 Å². The molecular formula is C25H21N. The van der Waals surface area contributed by atoms with Crippen LogP contribution >= 0.6 is 0 Å². The van der Waals surface area contributed by atoms with Crippen molar-refractivity contribution < 1.29 is 0 Å². The predicted molar refractivity (Wildman–Crippen MR) is 109 cm³/mol. The van der Waals surface area contributed by atoms with Crippen LogP contribution in [0.3, 0.4) is 0 Å². The number of fused-ring (bicyclic) bond motifs is 2. The van der Waals surface area contributed by atoms with E-state index in [1.165, 1.54) is 33.4 Å². The molecule has 0 fully saturated rings. The Morgan fingerprint density at radius 1 is 0.731 bits per heavy atom. The van der Waals surface area contributed by atoms with Crippen LogP contribution in [0.1, 0.15) is 35.1 Å². The van der Waals surface area contributed by atoms with Crippen molar-refractivity contribution in [3.8, 4) is 0 Å². The fourth-order valence-corrected chi connectivity index (χ4v) is 4.85. The van der Waals surface area contributed by atoms with Crippen molar-refractivity contribution in [2.45, 2.75) is 18.3 Å². The van der Waals surface area contributed by atoms with Gasteiger partial charge >= 0.3 is 0 Å². The standard InChI is InChI=1S/C25H21N/c26-23-17-9-15-21-20-14-7-8-16-22(20)25(24(21)23,18-10-3-1-4-11-18)19-12-5-2-6-13-19/h1-7,9-15,17H,8,16,26H2. The van der Waals surface area contributed by atoms with E-state index in [-0.39, 0.29) is 5.41 Å². The topological polar surface area (TPSA) is 26.0 Å². The van der Waals surface area contributed by atoms with Gasteiger partial charge in [-0.3, -0.25) is 0 Å². The first-order valence-electron chi connectivity index (χ1n) is 9.24. The first-order valence-corrected chi connectivity index (χ1v) is 9.24. The summed E-state index contributed by atoms with van der Waals surface area (Å²) < 4.78 is 0. The van der Waals surface area contributed by atoms with Gasteiger partial charge in [0.1, 0.15) is 0 Å². The predicted octanol–water partition coefficient (Wildman–Crippen LogP) is 5.72. The summed E-state index contributed by atoms with van der Waals surface area (Å²) in [5.41, 5.74) is 15.1. The van der Waals surface area contributed by atoms with Crippen LogP contribution in [0, 0.1) is 0 Å². The van der Waals surface area contributed by atoms with E-state index in [0.29, 0.717) is 0 Å². The number of benzene rings is 3. The number of anilines is 1. The SMILES string of the molecule is Nc1cccc2c1C(c1ccccc1)(c1ccccc1)C1=C2C=CCC1. The molecule has 0 radical (unpaired) electrons. The molecule has 3 aromatic carbocycles. The Morgan fingerprint density at radius 3 is 2.04 bits per heavy atom. The Bertz CT molecular complexity index is 987. The van der Waals surface area contributed by atoms with Crippen LogP contribution in [0.2, 0.25) is 0 Å². The van der Waals surface area contributed by atoms with Gasteiger partial charge in [-0.15, -0.1) is 0 Å². The van der Waals surface area contributed by atoms with Crippen molar-refractivity contribution in [1.82, 2.24) is 0 Å². The fourth-order valence-electron chi connectivity index (χ4n) is 4.85. The molecule has 0 saturated carbocycles. The molecule has 0 bridgehead atoms. The lowest BCUT2D eigenvalue weighted by Crippen LogP contribution is -2.31. The maximum atomic E-state index is 6.63. The van der Waals surface area contributed by atoms with Crippen LogP contribution < -0.4 is 5.73 Å². The van der Waals surface area contributed by atoms with Crippen molar-refractivity contribution in [3.05, 3.63) is 119 Å². The average molecular weight is 335 g/mol. The van der Waals surface area contributed by atoms with E-state index in [2.05, 4.69) is 84.9 Å². The van der Waals surface area contributed by atoms with E-state index in [1.807, 2.05) is 6.07 Å². The second-order valence-electron chi connectivity index (χ2n) is 7.09. The van der Waals surface area contributed by atoms with Gasteiger partial charge in [0.25, 0.3) is 0 Å². The van der Waals surface area contributed by atoms with E-state index in [0.717, 1.165) is 18.5 Å². The Morgan fingerprint density at radius 2 is 1.38 bits per heavy atom. The van der Waals surface area contributed by atoms with Crippen LogP contribution in [-0.4, -0.2) is 0 Å². The number of hydrogen-bond acceptors (Lipinski definition) is 1. The van der Waals surface area contributed by atoms with Crippen molar-refractivity contribution in [3.63, 3.8) is 0 Å². The molecule has 0 amide bonds. The molecule has 0 atom stereocenters. The van der Waals surface area contributed by atoms with Gasteiger partial charge in [-0.25, -0.2) is 0 Å². The minimum atomic E-state index is -0.302. The zero-order chi connectivity index (χ0) is 17.6. The smallest absolute Gasteiger partial charge is 0.0696 e. The number of hydrogen-bond donors (Lipinski definition) is 1. The lowest BCUT2D eigenvalue weighted by molar-refractivity contribution is 0.698. The Balaban J connectivity index is 1.97. The number of allylic oxidation sites excluding steroid dienone is 4. The van der Waals surface area contributed by atoms with E-state index in [4.69, 9.17) is 5.73 Å². The molecule has 26 heavy (non-hydrogen) atoms. The Hall–Kier alpha value is -3.06. The second-order valence-corrected chi connectivity index (χ2v) is 7.09. The Kier molecular flexibility index (Phi) is 3.36. The van der Waals surface area contributed by atoms with Crippen molar-refractivity contribution in [2.24, 2.45) is 0 Å².